The molecule has 0 saturated carbocycles. The first-order valence-electron chi connectivity index (χ1n) is 11.1. The zero-order valence-electron chi connectivity index (χ0n) is 18.2. The second-order valence-corrected chi connectivity index (χ2v) is 9.08. The van der Waals surface area contributed by atoms with E-state index in [0.29, 0.717) is 48.2 Å². The van der Waals surface area contributed by atoms with Gasteiger partial charge in [-0.25, -0.2) is 0 Å². The molecule has 4 rings (SSSR count). The molecule has 7 heteroatoms. The minimum atomic E-state index is -0.101. The molecule has 2 amide bonds. The van der Waals surface area contributed by atoms with Crippen molar-refractivity contribution >= 4 is 23.4 Å². The van der Waals surface area contributed by atoms with Crippen LogP contribution in [-0.2, 0) is 4.79 Å². The quantitative estimate of drug-likeness (QED) is 0.709. The van der Waals surface area contributed by atoms with E-state index in [9.17, 15) is 9.59 Å². The number of hydrogen-bond acceptors (Lipinski definition) is 3. The van der Waals surface area contributed by atoms with E-state index in [1.165, 1.54) is 0 Å². The number of likely N-dealkylation sites (tertiary alicyclic amines) is 2. The molecule has 2 fully saturated rings. The van der Waals surface area contributed by atoms with Gasteiger partial charge in [-0.3, -0.25) is 9.59 Å². The van der Waals surface area contributed by atoms with Gasteiger partial charge in [-0.2, -0.15) is 0 Å². The summed E-state index contributed by atoms with van der Waals surface area (Å²) in [5.41, 5.74) is 1.22. The van der Waals surface area contributed by atoms with Crippen molar-refractivity contribution in [3.8, 4) is 11.4 Å². The zero-order chi connectivity index (χ0) is 22.0. The van der Waals surface area contributed by atoms with Gasteiger partial charge in [-0.05, 0) is 49.8 Å². The van der Waals surface area contributed by atoms with Crippen molar-refractivity contribution in [2.24, 2.45) is 11.8 Å². The van der Waals surface area contributed by atoms with Crippen molar-refractivity contribution in [3.05, 3.63) is 47.2 Å². The molecule has 6 nitrogen and oxygen atoms in total. The highest BCUT2D eigenvalue weighted by Crippen LogP contribution is 2.32. The number of hydrogen-bond donors (Lipinski definition) is 0. The standard InChI is InChI=1S/C24H30ClN3O3/c1-17-5-11-27(12-6-17)23(29)18-7-13-28(14-8-18)24(30)19-15-20(25)21(16-22(19)31-2)26-9-3-4-10-26/h3-4,9-10,15-18H,5-8,11-14H2,1-2H3. The highest BCUT2D eigenvalue weighted by Gasteiger charge is 2.32. The van der Waals surface area contributed by atoms with Crippen LogP contribution in [0.5, 0.6) is 5.75 Å². The number of ether oxygens (including phenoxy) is 1. The minimum Gasteiger partial charge on any atom is -0.496 e. The average molecular weight is 444 g/mol. The molecule has 3 heterocycles. The molecule has 2 aromatic rings. The van der Waals surface area contributed by atoms with E-state index < -0.39 is 0 Å². The summed E-state index contributed by atoms with van der Waals surface area (Å²) in [5, 5.41) is 0.491. The van der Waals surface area contributed by atoms with Gasteiger partial charge < -0.3 is 19.1 Å². The summed E-state index contributed by atoms with van der Waals surface area (Å²) >= 11 is 6.50. The van der Waals surface area contributed by atoms with Crippen LogP contribution in [0.3, 0.4) is 0 Å². The third-order valence-electron chi connectivity index (χ3n) is 6.61. The van der Waals surface area contributed by atoms with Crippen molar-refractivity contribution < 1.29 is 14.3 Å². The third-order valence-corrected chi connectivity index (χ3v) is 6.91. The Labute approximate surface area is 188 Å². The first kappa shape index (κ1) is 21.8. The molecule has 0 radical (unpaired) electrons. The highest BCUT2D eigenvalue weighted by atomic mass is 35.5. The summed E-state index contributed by atoms with van der Waals surface area (Å²) in [6.45, 7) is 5.11. The third kappa shape index (κ3) is 4.59. The van der Waals surface area contributed by atoms with E-state index in [1.807, 2.05) is 38.9 Å². The van der Waals surface area contributed by atoms with Gasteiger partial charge in [0.15, 0.2) is 0 Å². The molecule has 0 N–H and O–H groups in total. The van der Waals surface area contributed by atoms with Gasteiger partial charge in [0, 0.05) is 50.6 Å². The van der Waals surface area contributed by atoms with Gasteiger partial charge in [-0.15, -0.1) is 0 Å². The van der Waals surface area contributed by atoms with E-state index in [1.54, 1.807) is 19.2 Å². The molecule has 2 aliphatic heterocycles. The first-order valence-corrected chi connectivity index (χ1v) is 11.4. The fraction of sp³-hybridized carbons (Fsp3) is 0.500. The lowest BCUT2D eigenvalue weighted by Crippen LogP contribution is -2.46. The Kier molecular flexibility index (Phi) is 6.56. The maximum Gasteiger partial charge on any atom is 0.257 e. The Balaban J connectivity index is 1.43. The molecule has 0 unspecified atom stereocenters. The van der Waals surface area contributed by atoms with Crippen molar-refractivity contribution in [2.75, 3.05) is 33.3 Å². The number of amides is 2. The van der Waals surface area contributed by atoms with Gasteiger partial charge in [0.25, 0.3) is 5.91 Å². The molecule has 0 bridgehead atoms. The Hall–Kier alpha value is -2.47. The van der Waals surface area contributed by atoms with Crippen LogP contribution in [0.4, 0.5) is 0 Å². The largest absolute Gasteiger partial charge is 0.496 e. The normalized spacial score (nSPS) is 18.3. The lowest BCUT2D eigenvalue weighted by atomic mass is 9.92. The average Bonchev–Trinajstić information content (AvgIpc) is 3.33. The van der Waals surface area contributed by atoms with Crippen LogP contribution in [0, 0.1) is 11.8 Å². The molecular weight excluding hydrogens is 414 g/mol. The van der Waals surface area contributed by atoms with Gasteiger partial charge >= 0.3 is 0 Å². The van der Waals surface area contributed by atoms with Crippen molar-refractivity contribution in [1.29, 1.82) is 0 Å². The van der Waals surface area contributed by atoms with Crippen LogP contribution in [0.1, 0.15) is 43.0 Å². The predicted molar refractivity (Wildman–Crippen MR) is 121 cm³/mol. The Morgan fingerprint density at radius 2 is 1.58 bits per heavy atom. The van der Waals surface area contributed by atoms with E-state index in [4.69, 9.17) is 16.3 Å². The van der Waals surface area contributed by atoms with E-state index in [0.717, 1.165) is 31.6 Å². The maximum atomic E-state index is 13.2. The minimum absolute atomic E-state index is 0.0130. The van der Waals surface area contributed by atoms with E-state index in [-0.39, 0.29) is 17.7 Å². The summed E-state index contributed by atoms with van der Waals surface area (Å²) in [4.78, 5) is 29.9. The van der Waals surface area contributed by atoms with Crippen LogP contribution < -0.4 is 4.74 Å². The fourth-order valence-corrected chi connectivity index (χ4v) is 4.82. The van der Waals surface area contributed by atoms with Gasteiger partial charge in [0.2, 0.25) is 5.91 Å². The second kappa shape index (κ2) is 9.35. The molecule has 31 heavy (non-hydrogen) atoms. The summed E-state index contributed by atoms with van der Waals surface area (Å²) < 4.78 is 7.40. The summed E-state index contributed by atoms with van der Waals surface area (Å²) in [5.74, 6) is 1.37. The number of halogens is 1. The molecule has 1 aromatic heterocycles. The van der Waals surface area contributed by atoms with Gasteiger partial charge in [-0.1, -0.05) is 18.5 Å². The lowest BCUT2D eigenvalue weighted by Gasteiger charge is -2.37. The van der Waals surface area contributed by atoms with Crippen LogP contribution >= 0.6 is 11.6 Å². The van der Waals surface area contributed by atoms with Gasteiger partial charge in [0.1, 0.15) is 5.75 Å². The molecule has 0 aliphatic carbocycles. The summed E-state index contributed by atoms with van der Waals surface area (Å²) in [7, 11) is 1.56. The number of aromatic nitrogens is 1. The number of methoxy groups -OCH3 is 1. The molecule has 2 aliphatic rings. The maximum absolute atomic E-state index is 13.2. The number of rotatable bonds is 4. The highest BCUT2D eigenvalue weighted by molar-refractivity contribution is 6.33. The van der Waals surface area contributed by atoms with E-state index in [2.05, 4.69) is 6.92 Å². The van der Waals surface area contributed by atoms with Crippen molar-refractivity contribution in [1.82, 2.24) is 14.4 Å². The Morgan fingerprint density at radius 1 is 0.968 bits per heavy atom. The number of carbonyl (C=O) groups is 2. The Bertz CT molecular complexity index is 928. The monoisotopic (exact) mass is 443 g/mol. The second-order valence-electron chi connectivity index (χ2n) is 8.67. The molecule has 2 saturated heterocycles. The predicted octanol–water partition coefficient (Wildman–Crippen LogP) is 4.25. The fourth-order valence-electron chi connectivity index (χ4n) is 4.56. The van der Waals surface area contributed by atoms with Crippen LogP contribution in [0.15, 0.2) is 36.7 Å². The molecule has 0 atom stereocenters. The number of piperidine rings is 2. The van der Waals surface area contributed by atoms with Crippen LogP contribution in [0.25, 0.3) is 5.69 Å². The lowest BCUT2D eigenvalue weighted by molar-refractivity contribution is -0.138. The first-order chi connectivity index (χ1) is 15.0. The Morgan fingerprint density at radius 3 is 2.19 bits per heavy atom. The van der Waals surface area contributed by atoms with Crippen molar-refractivity contribution in [3.63, 3.8) is 0 Å². The molecule has 1 aromatic carbocycles. The number of carbonyl (C=O) groups excluding carboxylic acids is 2. The van der Waals surface area contributed by atoms with Crippen molar-refractivity contribution in [2.45, 2.75) is 32.6 Å². The van der Waals surface area contributed by atoms with Crippen LogP contribution in [0.2, 0.25) is 5.02 Å². The topological polar surface area (TPSA) is 54.8 Å². The SMILES string of the molecule is COc1cc(-n2cccc2)c(Cl)cc1C(=O)N1CCC(C(=O)N2CCC(C)CC2)CC1. The van der Waals surface area contributed by atoms with Gasteiger partial charge in [0.05, 0.1) is 23.4 Å². The smallest absolute Gasteiger partial charge is 0.257 e. The zero-order valence-corrected chi connectivity index (χ0v) is 19.0. The molecule has 166 valence electrons. The number of benzene rings is 1. The summed E-state index contributed by atoms with van der Waals surface area (Å²) in [6, 6.07) is 7.31. The van der Waals surface area contributed by atoms with Crippen LogP contribution in [-0.4, -0.2) is 59.5 Å². The molecule has 0 spiro atoms. The number of nitrogens with zero attached hydrogens (tertiary/aromatic N) is 3. The van der Waals surface area contributed by atoms with E-state index >= 15 is 0 Å². The molecular formula is C24H30ClN3O3. The summed E-state index contributed by atoms with van der Waals surface area (Å²) in [6.07, 6.45) is 7.37.